The minimum absolute atomic E-state index is 0. The Kier molecular flexibility index (Phi) is 16.8. The maximum Gasteiger partial charge on any atom is 0.332 e. The van der Waals surface area contributed by atoms with E-state index in [0.29, 0.717) is 0 Å². The molecule has 14 nitrogen and oxygen atoms in total. The van der Waals surface area contributed by atoms with E-state index in [1.165, 1.54) is 9.80 Å². The van der Waals surface area contributed by atoms with Gasteiger partial charge in [-0.3, -0.25) is 9.80 Å². The molecule has 0 atom stereocenters. The van der Waals surface area contributed by atoms with Crippen LogP contribution in [0, 0.1) is 0 Å². The summed E-state index contributed by atoms with van der Waals surface area (Å²) >= 11 is 0. The molecule has 186 valence electrons. The molecule has 0 bridgehead atoms. The van der Waals surface area contributed by atoms with Crippen molar-refractivity contribution in [3.05, 3.63) is 0 Å². The molecule has 1 heterocycles. The standard InChI is InChI=1S/C18H30N2O12.Zn/c21-15(22)13(16(23)24)19-1-5-29-9-10-31-7-3-20(14(17(25)26)18(27)28)4-8-32-12-11-30-6-2-19;/h13-14H,1-12H2,(H,21,22)(H,23,24)(H,25,26)(H,27,28);. The first-order valence-electron chi connectivity index (χ1n) is 9.96. The monoisotopic (exact) mass is 530 g/mol. The average Bonchev–Trinajstić information content (AvgIpc) is 2.69. The van der Waals surface area contributed by atoms with Crippen LogP contribution >= 0.6 is 0 Å². The molecule has 0 aromatic rings. The van der Waals surface area contributed by atoms with Crippen molar-refractivity contribution in [2.45, 2.75) is 12.1 Å². The third-order valence-corrected chi connectivity index (χ3v) is 4.50. The van der Waals surface area contributed by atoms with Gasteiger partial charge in [0.05, 0.1) is 52.9 Å². The molecule has 0 aromatic heterocycles. The summed E-state index contributed by atoms with van der Waals surface area (Å²) in [5.41, 5.74) is 0. The van der Waals surface area contributed by atoms with Crippen molar-refractivity contribution >= 4 is 23.9 Å². The first-order chi connectivity index (χ1) is 15.3. The van der Waals surface area contributed by atoms with E-state index >= 15 is 0 Å². The molecular weight excluding hydrogens is 502 g/mol. The predicted molar refractivity (Wildman–Crippen MR) is 105 cm³/mol. The van der Waals surface area contributed by atoms with Gasteiger partial charge in [0.15, 0.2) is 0 Å². The molecule has 15 heteroatoms. The van der Waals surface area contributed by atoms with Gasteiger partial charge in [-0.1, -0.05) is 0 Å². The van der Waals surface area contributed by atoms with Crippen LogP contribution in [-0.2, 0) is 57.6 Å². The van der Waals surface area contributed by atoms with Crippen LogP contribution in [0.25, 0.3) is 0 Å². The van der Waals surface area contributed by atoms with Crippen LogP contribution in [0.3, 0.4) is 0 Å². The van der Waals surface area contributed by atoms with E-state index in [2.05, 4.69) is 0 Å². The van der Waals surface area contributed by atoms with Gasteiger partial charge in [-0.05, 0) is 0 Å². The number of carbonyl (C=O) groups is 4. The zero-order chi connectivity index (χ0) is 23.9. The number of ether oxygens (including phenoxy) is 4. The van der Waals surface area contributed by atoms with Gasteiger partial charge in [-0.25, -0.2) is 19.2 Å². The zero-order valence-electron chi connectivity index (χ0n) is 18.3. The second-order valence-electron chi connectivity index (χ2n) is 6.68. The summed E-state index contributed by atoms with van der Waals surface area (Å²) in [5.74, 6) is -5.96. The van der Waals surface area contributed by atoms with Gasteiger partial charge in [-0.15, -0.1) is 0 Å². The Balaban J connectivity index is 0.0000102. The van der Waals surface area contributed by atoms with E-state index in [4.69, 9.17) is 18.9 Å². The Morgan fingerprint density at radius 3 is 0.879 bits per heavy atom. The topological polar surface area (TPSA) is 193 Å². The molecule has 0 unspecified atom stereocenters. The number of rotatable bonds is 6. The molecule has 1 fully saturated rings. The SMILES string of the molecule is O=C(O)C(C(=O)O)N1CCOCCOCCN(C(C(=O)O)C(=O)O)CCOCCOCC1.[Zn]. The Labute approximate surface area is 203 Å². The second-order valence-corrected chi connectivity index (χ2v) is 6.68. The van der Waals surface area contributed by atoms with Gasteiger partial charge in [0.2, 0.25) is 12.1 Å². The van der Waals surface area contributed by atoms with Gasteiger partial charge < -0.3 is 39.4 Å². The van der Waals surface area contributed by atoms with Gasteiger partial charge >= 0.3 is 23.9 Å². The van der Waals surface area contributed by atoms with Crippen LogP contribution in [0.1, 0.15) is 0 Å². The van der Waals surface area contributed by atoms with Crippen LogP contribution in [0.2, 0.25) is 0 Å². The van der Waals surface area contributed by atoms with Crippen molar-refractivity contribution in [1.82, 2.24) is 9.80 Å². The number of hydrogen-bond acceptors (Lipinski definition) is 10. The summed E-state index contributed by atoms with van der Waals surface area (Å²) in [6, 6.07) is -3.47. The van der Waals surface area contributed by atoms with E-state index in [0.717, 1.165) is 0 Å². The van der Waals surface area contributed by atoms with Crippen LogP contribution in [0.5, 0.6) is 0 Å². The number of nitrogens with zero attached hydrogens (tertiary/aromatic N) is 2. The molecule has 0 amide bonds. The van der Waals surface area contributed by atoms with Crippen molar-refractivity contribution in [1.29, 1.82) is 0 Å². The maximum atomic E-state index is 11.3. The van der Waals surface area contributed by atoms with Crippen LogP contribution in [-0.4, -0.2) is 145 Å². The maximum absolute atomic E-state index is 11.3. The fourth-order valence-electron chi connectivity index (χ4n) is 2.95. The summed E-state index contributed by atoms with van der Waals surface area (Å²) in [6.07, 6.45) is 0. The van der Waals surface area contributed by atoms with Crippen molar-refractivity contribution in [3.63, 3.8) is 0 Å². The van der Waals surface area contributed by atoms with E-state index in [9.17, 15) is 39.6 Å². The Morgan fingerprint density at radius 2 is 0.697 bits per heavy atom. The van der Waals surface area contributed by atoms with Gasteiger partial charge in [0.25, 0.3) is 0 Å². The quantitative estimate of drug-likeness (QED) is 0.212. The van der Waals surface area contributed by atoms with E-state index in [1.807, 2.05) is 0 Å². The molecule has 1 rings (SSSR count). The Bertz CT molecular complexity index is 523. The average molecular weight is 532 g/mol. The number of hydrogen-bond donors (Lipinski definition) is 4. The van der Waals surface area contributed by atoms with Crippen molar-refractivity contribution in [3.8, 4) is 0 Å². The Hall–Kier alpha value is -1.74. The normalized spacial score (nSPS) is 19.2. The van der Waals surface area contributed by atoms with Gasteiger partial charge in [0.1, 0.15) is 0 Å². The molecular formula is C18H30N2O12Zn. The van der Waals surface area contributed by atoms with Crippen LogP contribution in [0.15, 0.2) is 0 Å². The van der Waals surface area contributed by atoms with E-state index in [1.54, 1.807) is 0 Å². The number of aliphatic carboxylic acids is 4. The van der Waals surface area contributed by atoms with Crippen molar-refractivity contribution in [2.75, 3.05) is 79.0 Å². The summed E-state index contributed by atoms with van der Waals surface area (Å²) in [5, 5.41) is 36.8. The van der Waals surface area contributed by atoms with Gasteiger partial charge in [0, 0.05) is 45.7 Å². The molecule has 0 saturated carbocycles. The molecule has 1 aliphatic heterocycles. The fraction of sp³-hybridized carbons (Fsp3) is 0.778. The van der Waals surface area contributed by atoms with Crippen molar-refractivity contribution < 1.29 is 78.0 Å². The fourth-order valence-corrected chi connectivity index (χ4v) is 2.95. The first-order valence-corrected chi connectivity index (χ1v) is 9.96. The summed E-state index contributed by atoms with van der Waals surface area (Å²) in [6.45, 7) is 0.854. The molecule has 4 N–H and O–H groups in total. The van der Waals surface area contributed by atoms with Crippen LogP contribution < -0.4 is 0 Å². The Morgan fingerprint density at radius 1 is 0.485 bits per heavy atom. The van der Waals surface area contributed by atoms with Crippen molar-refractivity contribution in [2.24, 2.45) is 0 Å². The predicted octanol–water partition coefficient (Wildman–Crippen LogP) is -2.26. The molecule has 1 aliphatic rings. The zero-order valence-corrected chi connectivity index (χ0v) is 21.3. The summed E-state index contributed by atoms with van der Waals surface area (Å²) in [7, 11) is 0. The smallest absolute Gasteiger partial charge is 0.332 e. The molecule has 0 aliphatic carbocycles. The first kappa shape index (κ1) is 31.3. The molecule has 0 aromatic carbocycles. The van der Waals surface area contributed by atoms with Crippen LogP contribution in [0.4, 0.5) is 0 Å². The molecule has 1 saturated heterocycles. The van der Waals surface area contributed by atoms with Gasteiger partial charge in [-0.2, -0.15) is 0 Å². The summed E-state index contributed by atoms with van der Waals surface area (Å²) in [4.78, 5) is 47.7. The molecule has 0 spiro atoms. The third kappa shape index (κ3) is 12.3. The summed E-state index contributed by atoms with van der Waals surface area (Å²) < 4.78 is 21.4. The third-order valence-electron chi connectivity index (χ3n) is 4.50. The minimum Gasteiger partial charge on any atom is -0.480 e. The van der Waals surface area contributed by atoms with E-state index in [-0.39, 0.29) is 98.5 Å². The second kappa shape index (κ2) is 17.7. The molecule has 33 heavy (non-hydrogen) atoms. The number of carboxylic acid groups (broad SMARTS) is 4. The minimum atomic E-state index is -1.73. The number of carboxylic acids is 4. The van der Waals surface area contributed by atoms with E-state index < -0.39 is 36.0 Å². The molecule has 0 radical (unpaired) electrons. The largest absolute Gasteiger partial charge is 0.480 e.